The third-order valence-corrected chi connectivity index (χ3v) is 4.67. The molecule has 3 rings (SSSR count). The number of nitrogens with one attached hydrogen (secondary N) is 1. The number of carbonyl (C=O) groups is 1. The van der Waals surface area contributed by atoms with Crippen molar-refractivity contribution in [2.75, 3.05) is 26.7 Å². The Morgan fingerprint density at radius 1 is 1.48 bits per heavy atom. The molecule has 23 heavy (non-hydrogen) atoms. The molecule has 5 nitrogen and oxygen atoms in total. The first-order valence-electron chi connectivity index (χ1n) is 8.02. The topological polar surface area (TPSA) is 70.0 Å². The van der Waals surface area contributed by atoms with Gasteiger partial charge in [0.25, 0.3) is 0 Å². The normalized spacial score (nSPS) is 23.2. The molecule has 0 aromatic carbocycles. The highest BCUT2D eigenvalue weighted by atomic mass is 16.5. The minimum atomic E-state index is -0.431. The van der Waals surface area contributed by atoms with Gasteiger partial charge in [-0.1, -0.05) is 17.5 Å². The smallest absolute Gasteiger partial charge is 0.223 e. The predicted molar refractivity (Wildman–Crippen MR) is 87.0 cm³/mol. The molecule has 5 heteroatoms. The standard InChI is InChI=1S/C18H21N3O2/c1-20-17-15(22)11-18(23-16(17)12-19)7-9-21(10-8-18)13-14-5-3-2-4-6-14/h2-3,5,12,19-20H,7-11,13H2,1H3/p+1. The van der Waals surface area contributed by atoms with E-state index in [4.69, 9.17) is 10.1 Å². The zero-order valence-corrected chi connectivity index (χ0v) is 13.4. The maximum absolute atomic E-state index is 12.3. The van der Waals surface area contributed by atoms with Gasteiger partial charge in [0, 0.05) is 38.0 Å². The summed E-state index contributed by atoms with van der Waals surface area (Å²) in [5.41, 5.74) is 7.36. The van der Waals surface area contributed by atoms with Gasteiger partial charge in [-0.2, -0.15) is 0 Å². The molecule has 0 bridgehead atoms. The number of Topliss-reactive ketones (excluding diaryl/α,β-unsaturated/α-hetero) is 1. The second-order valence-corrected chi connectivity index (χ2v) is 6.19. The van der Waals surface area contributed by atoms with E-state index < -0.39 is 5.60 Å². The van der Waals surface area contributed by atoms with Crippen LogP contribution in [0, 0.1) is 5.41 Å². The van der Waals surface area contributed by atoms with Gasteiger partial charge >= 0.3 is 0 Å². The molecule has 0 aromatic heterocycles. The summed E-state index contributed by atoms with van der Waals surface area (Å²) in [5, 5.41) is 9.26. The Bertz CT molecular complexity index is 681. The number of ketones is 1. The van der Waals surface area contributed by atoms with Gasteiger partial charge < -0.3 is 15.5 Å². The van der Waals surface area contributed by atoms with E-state index >= 15 is 0 Å². The lowest BCUT2D eigenvalue weighted by Gasteiger charge is -2.43. The van der Waals surface area contributed by atoms with E-state index in [1.165, 1.54) is 0 Å². The highest BCUT2D eigenvalue weighted by molar-refractivity contribution is 5.99. The van der Waals surface area contributed by atoms with Crippen LogP contribution in [0.4, 0.5) is 0 Å². The molecule has 3 aliphatic rings. The SMILES string of the molecule is C[NH2+]C1=C(C=N)OC2(CCN(CC3=C=C=CC=C3)CC2)CC1=O. The van der Waals surface area contributed by atoms with Crippen molar-refractivity contribution in [3.8, 4) is 0 Å². The highest BCUT2D eigenvalue weighted by Gasteiger charge is 2.44. The third kappa shape index (κ3) is 3.29. The third-order valence-electron chi connectivity index (χ3n) is 4.67. The summed E-state index contributed by atoms with van der Waals surface area (Å²) in [7, 11) is 1.81. The van der Waals surface area contributed by atoms with E-state index in [0.717, 1.165) is 44.3 Å². The molecule has 1 saturated heterocycles. The average molecular weight is 312 g/mol. The summed E-state index contributed by atoms with van der Waals surface area (Å²) in [6.07, 6.45) is 9.08. The summed E-state index contributed by atoms with van der Waals surface area (Å²) in [6, 6.07) is 0. The van der Waals surface area contributed by atoms with Gasteiger partial charge in [0.2, 0.25) is 17.2 Å². The predicted octanol–water partition coefficient (Wildman–Crippen LogP) is 0.671. The van der Waals surface area contributed by atoms with Crippen LogP contribution in [0.3, 0.4) is 0 Å². The number of nitrogens with two attached hydrogens (primary N) is 1. The monoisotopic (exact) mass is 312 g/mol. The summed E-state index contributed by atoms with van der Waals surface area (Å²) >= 11 is 0. The fourth-order valence-electron chi connectivity index (χ4n) is 3.38. The Morgan fingerprint density at radius 2 is 2.26 bits per heavy atom. The van der Waals surface area contributed by atoms with Crippen molar-refractivity contribution in [2.45, 2.75) is 24.9 Å². The molecule has 0 saturated carbocycles. The van der Waals surface area contributed by atoms with Crippen LogP contribution in [0.1, 0.15) is 19.3 Å². The molecule has 2 aliphatic heterocycles. The lowest BCUT2D eigenvalue weighted by Crippen LogP contribution is -2.80. The number of allylic oxidation sites excluding steroid dienone is 4. The molecule has 2 heterocycles. The van der Waals surface area contributed by atoms with Crippen LogP contribution < -0.4 is 5.32 Å². The van der Waals surface area contributed by atoms with Crippen LogP contribution in [0.2, 0.25) is 0 Å². The maximum atomic E-state index is 12.3. The van der Waals surface area contributed by atoms with Crippen molar-refractivity contribution >= 4 is 12.0 Å². The van der Waals surface area contributed by atoms with Crippen molar-refractivity contribution in [3.05, 3.63) is 46.7 Å². The molecule has 0 amide bonds. The minimum Gasteiger partial charge on any atom is -0.479 e. The number of hydrogen-bond donors (Lipinski definition) is 2. The van der Waals surface area contributed by atoms with Crippen molar-refractivity contribution in [2.24, 2.45) is 0 Å². The largest absolute Gasteiger partial charge is 0.479 e. The lowest BCUT2D eigenvalue weighted by atomic mass is 9.83. The number of likely N-dealkylation sites (N-methyl/N-ethyl adjacent to an activating group) is 1. The number of carbonyl (C=O) groups excluding carboxylic acids is 1. The van der Waals surface area contributed by atoms with Gasteiger partial charge in [-0.3, -0.25) is 9.69 Å². The molecule has 3 N–H and O–H groups in total. The molecule has 120 valence electrons. The first kappa shape index (κ1) is 15.7. The van der Waals surface area contributed by atoms with E-state index in [1.54, 1.807) is 5.32 Å². The van der Waals surface area contributed by atoms with Crippen molar-refractivity contribution < 1.29 is 14.8 Å². The van der Waals surface area contributed by atoms with Crippen molar-refractivity contribution in [1.82, 2.24) is 4.90 Å². The molecular weight excluding hydrogens is 290 g/mol. The molecule has 0 atom stereocenters. The number of rotatable bonds is 4. The van der Waals surface area contributed by atoms with E-state index in [9.17, 15) is 4.79 Å². The fraction of sp³-hybridized carbons (Fsp3) is 0.444. The minimum absolute atomic E-state index is 0.0942. The molecule has 0 unspecified atom stereocenters. The first-order valence-corrected chi connectivity index (χ1v) is 8.02. The highest BCUT2D eigenvalue weighted by Crippen LogP contribution is 2.36. The molecule has 1 aliphatic carbocycles. The number of nitrogens with zero attached hydrogens (tertiary/aromatic N) is 1. The van der Waals surface area contributed by atoms with Gasteiger partial charge in [0.15, 0.2) is 0 Å². The van der Waals surface area contributed by atoms with Crippen molar-refractivity contribution in [3.63, 3.8) is 0 Å². The van der Waals surface area contributed by atoms with Gasteiger partial charge in [0.1, 0.15) is 5.60 Å². The van der Waals surface area contributed by atoms with Crippen LogP contribution in [-0.2, 0) is 9.53 Å². The van der Waals surface area contributed by atoms with Crippen LogP contribution in [-0.4, -0.2) is 49.2 Å². The van der Waals surface area contributed by atoms with Crippen LogP contribution in [0.5, 0.6) is 0 Å². The maximum Gasteiger partial charge on any atom is 0.223 e. The van der Waals surface area contributed by atoms with Gasteiger partial charge in [-0.05, 0) is 12.2 Å². The van der Waals surface area contributed by atoms with E-state index in [0.29, 0.717) is 17.9 Å². The Labute approximate surface area is 136 Å². The summed E-state index contributed by atoms with van der Waals surface area (Å²) in [4.78, 5) is 14.7. The summed E-state index contributed by atoms with van der Waals surface area (Å²) in [6.45, 7) is 2.61. The molecule has 0 aromatic rings. The van der Waals surface area contributed by atoms with Gasteiger partial charge in [-0.25, -0.2) is 0 Å². The number of piperidine rings is 1. The Hall–Kier alpha value is -2.16. The number of quaternary nitrogens is 1. The second-order valence-electron chi connectivity index (χ2n) is 6.19. The number of ether oxygens (including phenoxy) is 1. The molecule has 1 fully saturated rings. The van der Waals surface area contributed by atoms with E-state index in [1.807, 2.05) is 19.2 Å². The molecular formula is C18H22N3O2+. The van der Waals surface area contributed by atoms with Crippen LogP contribution >= 0.6 is 0 Å². The van der Waals surface area contributed by atoms with Gasteiger partial charge in [0.05, 0.1) is 19.7 Å². The quantitative estimate of drug-likeness (QED) is 0.592. The average Bonchev–Trinajstić information content (AvgIpc) is 2.57. The molecule has 0 radical (unpaired) electrons. The number of hydrogen-bond acceptors (Lipinski definition) is 4. The van der Waals surface area contributed by atoms with Gasteiger partial charge in [-0.15, -0.1) is 0 Å². The Morgan fingerprint density at radius 3 is 2.87 bits per heavy atom. The van der Waals surface area contributed by atoms with E-state index in [2.05, 4.69) is 22.4 Å². The zero-order chi connectivity index (χ0) is 16.3. The van der Waals surface area contributed by atoms with E-state index in [-0.39, 0.29) is 5.78 Å². The Kier molecular flexibility index (Phi) is 4.46. The van der Waals surface area contributed by atoms with Crippen LogP contribution in [0.15, 0.2) is 46.7 Å². The summed E-state index contributed by atoms with van der Waals surface area (Å²) < 4.78 is 6.08. The zero-order valence-electron chi connectivity index (χ0n) is 13.4. The molecule has 1 spiro atoms. The number of likely N-dealkylation sites (tertiary alicyclic amines) is 1. The second kappa shape index (κ2) is 6.53. The summed E-state index contributed by atoms with van der Waals surface area (Å²) in [5.74, 6) is 0.514. The van der Waals surface area contributed by atoms with Crippen molar-refractivity contribution in [1.29, 1.82) is 5.41 Å². The van der Waals surface area contributed by atoms with Crippen LogP contribution in [0.25, 0.3) is 0 Å². The first-order chi connectivity index (χ1) is 11.2. The fourth-order valence-corrected chi connectivity index (χ4v) is 3.38. The Balaban J connectivity index is 1.67. The lowest BCUT2D eigenvalue weighted by molar-refractivity contribution is -0.572.